The van der Waals surface area contributed by atoms with E-state index in [1.165, 1.54) is 17.3 Å². The van der Waals surface area contributed by atoms with Crippen LogP contribution >= 0.6 is 0 Å². The number of ether oxygens (including phenoxy) is 1. The predicted molar refractivity (Wildman–Crippen MR) is 123 cm³/mol. The van der Waals surface area contributed by atoms with Crippen LogP contribution in [0, 0.1) is 5.82 Å². The van der Waals surface area contributed by atoms with Gasteiger partial charge in [-0.3, -0.25) is 15.1 Å². The van der Waals surface area contributed by atoms with E-state index in [1.54, 1.807) is 12.1 Å². The second-order valence-corrected chi connectivity index (χ2v) is 9.76. The molecular formula is C25H33FN4O2. The Labute approximate surface area is 189 Å². The van der Waals surface area contributed by atoms with Gasteiger partial charge in [-0.2, -0.15) is 0 Å². The molecule has 0 bridgehead atoms. The fourth-order valence-corrected chi connectivity index (χ4v) is 5.73. The highest BCUT2D eigenvalue weighted by atomic mass is 19.1. The van der Waals surface area contributed by atoms with E-state index in [0.717, 1.165) is 51.3 Å². The van der Waals surface area contributed by atoms with Gasteiger partial charge in [0.1, 0.15) is 5.82 Å². The molecule has 6 nitrogen and oxygen atoms in total. The lowest BCUT2D eigenvalue weighted by Gasteiger charge is -2.58. The van der Waals surface area contributed by atoms with Gasteiger partial charge < -0.3 is 14.7 Å². The number of hydrogen-bond donors (Lipinski definition) is 2. The van der Waals surface area contributed by atoms with Crippen LogP contribution in [-0.4, -0.2) is 73.7 Å². The van der Waals surface area contributed by atoms with E-state index < -0.39 is 6.35 Å². The molecule has 1 aliphatic carbocycles. The second-order valence-electron chi connectivity index (χ2n) is 9.76. The van der Waals surface area contributed by atoms with E-state index in [2.05, 4.69) is 58.4 Å². The zero-order valence-corrected chi connectivity index (χ0v) is 18.9. The molecule has 5 rings (SSSR count). The van der Waals surface area contributed by atoms with E-state index in [-0.39, 0.29) is 16.9 Å². The van der Waals surface area contributed by atoms with E-state index in [4.69, 9.17) is 4.74 Å². The first-order valence-electron chi connectivity index (χ1n) is 11.4. The summed E-state index contributed by atoms with van der Waals surface area (Å²) in [4.78, 5) is 6.62. The number of hydrogen-bond acceptors (Lipinski definition) is 6. The number of halogens is 1. The minimum atomic E-state index is -0.679. The van der Waals surface area contributed by atoms with Gasteiger partial charge in [0.2, 0.25) is 0 Å². The molecule has 0 radical (unpaired) electrons. The molecule has 0 aromatic heterocycles. The summed E-state index contributed by atoms with van der Waals surface area (Å²) < 4.78 is 19.4. The first kappa shape index (κ1) is 21.8. The summed E-state index contributed by atoms with van der Waals surface area (Å²) in [6.07, 6.45) is 0.988. The van der Waals surface area contributed by atoms with E-state index in [9.17, 15) is 9.50 Å². The summed E-state index contributed by atoms with van der Waals surface area (Å²) in [6.45, 7) is 4.86. The van der Waals surface area contributed by atoms with Crippen molar-refractivity contribution in [3.63, 3.8) is 0 Å². The fourth-order valence-electron chi connectivity index (χ4n) is 5.73. The standard InChI is InChI=1S/C25H33FN4O2/c1-28(2)25(20-4-3-5-21(26)14-20)16-24(17-25)18-30(23(31)27-24)15-19-6-8-22(9-7-19)29-10-12-32-13-11-29/h3-9,14,23,27,31H,10-13,15-18H2,1-2H3/t23?,24-,25+. The third-order valence-electron chi connectivity index (χ3n) is 7.46. The Morgan fingerprint density at radius 1 is 1.12 bits per heavy atom. The van der Waals surface area contributed by atoms with Crippen molar-refractivity contribution in [2.24, 2.45) is 0 Å². The van der Waals surface area contributed by atoms with Crippen LogP contribution in [0.2, 0.25) is 0 Å². The zero-order chi connectivity index (χ0) is 22.3. The molecule has 2 saturated heterocycles. The number of anilines is 1. The van der Waals surface area contributed by atoms with Gasteiger partial charge in [-0.1, -0.05) is 24.3 Å². The number of morpholine rings is 1. The quantitative estimate of drug-likeness (QED) is 0.745. The van der Waals surface area contributed by atoms with Crippen LogP contribution in [0.4, 0.5) is 10.1 Å². The van der Waals surface area contributed by atoms with E-state index in [0.29, 0.717) is 6.54 Å². The molecule has 2 aromatic rings. The summed E-state index contributed by atoms with van der Waals surface area (Å²) in [6, 6.07) is 15.6. The van der Waals surface area contributed by atoms with Crippen molar-refractivity contribution in [3.8, 4) is 0 Å². The lowest BCUT2D eigenvalue weighted by atomic mass is 9.59. The maximum atomic E-state index is 13.9. The molecular weight excluding hydrogens is 407 g/mol. The molecule has 1 atom stereocenters. The molecule has 32 heavy (non-hydrogen) atoms. The van der Waals surface area contributed by atoms with Gasteiger partial charge in [0.15, 0.2) is 6.35 Å². The van der Waals surface area contributed by atoms with Crippen LogP contribution in [0.25, 0.3) is 0 Å². The Bertz CT molecular complexity index is 939. The van der Waals surface area contributed by atoms with Crippen molar-refractivity contribution in [2.45, 2.75) is 36.8 Å². The number of aliphatic hydroxyl groups is 1. The number of rotatable bonds is 5. The van der Waals surface area contributed by atoms with Crippen LogP contribution in [0.5, 0.6) is 0 Å². The normalized spacial score (nSPS) is 30.8. The Morgan fingerprint density at radius 3 is 2.50 bits per heavy atom. The largest absolute Gasteiger partial charge is 0.378 e. The summed E-state index contributed by atoms with van der Waals surface area (Å²) >= 11 is 0. The Kier molecular flexibility index (Phi) is 5.72. The van der Waals surface area contributed by atoms with E-state index in [1.807, 2.05) is 6.07 Å². The van der Waals surface area contributed by atoms with Crippen molar-refractivity contribution >= 4 is 5.69 Å². The molecule has 1 saturated carbocycles. The molecule has 3 aliphatic rings. The SMILES string of the molecule is CN(C)[C@]1(c2cccc(F)c2)C[C@@]2(CN(Cc3ccc(N4CCOCC4)cc3)C(O)N2)C1. The van der Waals surface area contributed by atoms with Crippen molar-refractivity contribution < 1.29 is 14.2 Å². The highest BCUT2D eigenvalue weighted by molar-refractivity contribution is 5.48. The summed E-state index contributed by atoms with van der Waals surface area (Å²) in [5.74, 6) is -0.203. The number of benzene rings is 2. The Balaban J connectivity index is 1.25. The minimum Gasteiger partial charge on any atom is -0.378 e. The topological polar surface area (TPSA) is 51.2 Å². The van der Waals surface area contributed by atoms with Crippen molar-refractivity contribution in [2.75, 3.05) is 51.8 Å². The van der Waals surface area contributed by atoms with Crippen LogP contribution in [0.3, 0.4) is 0 Å². The zero-order valence-electron chi connectivity index (χ0n) is 18.9. The highest BCUT2D eigenvalue weighted by Crippen LogP contribution is 2.53. The second kappa shape index (κ2) is 8.39. The van der Waals surface area contributed by atoms with Crippen molar-refractivity contribution in [3.05, 3.63) is 65.5 Å². The molecule has 2 aliphatic heterocycles. The molecule has 7 heteroatoms. The minimum absolute atomic E-state index is 0.163. The number of aliphatic hydroxyl groups excluding tert-OH is 1. The van der Waals surface area contributed by atoms with Gasteiger partial charge >= 0.3 is 0 Å². The fraction of sp³-hybridized carbons (Fsp3) is 0.520. The van der Waals surface area contributed by atoms with Crippen molar-refractivity contribution in [1.29, 1.82) is 0 Å². The maximum absolute atomic E-state index is 13.9. The van der Waals surface area contributed by atoms with Crippen LogP contribution < -0.4 is 10.2 Å². The first-order valence-corrected chi connectivity index (χ1v) is 11.4. The maximum Gasteiger partial charge on any atom is 0.163 e. The third kappa shape index (κ3) is 3.93. The summed E-state index contributed by atoms with van der Waals surface area (Å²) in [5.41, 5.74) is 3.03. The first-order chi connectivity index (χ1) is 15.4. The lowest BCUT2D eigenvalue weighted by molar-refractivity contribution is -0.0324. The van der Waals surface area contributed by atoms with Gasteiger partial charge in [-0.25, -0.2) is 4.39 Å². The average Bonchev–Trinajstić information content (AvgIpc) is 3.09. The molecule has 2 N–H and O–H groups in total. The molecule has 2 heterocycles. The van der Waals surface area contributed by atoms with Gasteiger partial charge in [-0.15, -0.1) is 0 Å². The van der Waals surface area contributed by atoms with Crippen molar-refractivity contribution in [1.82, 2.24) is 15.1 Å². The Hall–Kier alpha value is -2.03. The third-order valence-corrected chi connectivity index (χ3v) is 7.46. The van der Waals surface area contributed by atoms with Crippen LogP contribution in [-0.2, 0) is 16.8 Å². The molecule has 0 amide bonds. The smallest absolute Gasteiger partial charge is 0.163 e. The molecule has 1 unspecified atom stereocenters. The molecule has 2 aromatic carbocycles. The number of nitrogens with one attached hydrogen (secondary N) is 1. The summed E-state index contributed by atoms with van der Waals surface area (Å²) in [5, 5.41) is 14.2. The summed E-state index contributed by atoms with van der Waals surface area (Å²) in [7, 11) is 4.11. The van der Waals surface area contributed by atoms with Crippen LogP contribution in [0.1, 0.15) is 24.0 Å². The molecule has 1 spiro atoms. The van der Waals surface area contributed by atoms with Crippen LogP contribution in [0.15, 0.2) is 48.5 Å². The van der Waals surface area contributed by atoms with E-state index >= 15 is 0 Å². The highest BCUT2D eigenvalue weighted by Gasteiger charge is 2.60. The van der Waals surface area contributed by atoms with Gasteiger partial charge in [0, 0.05) is 42.9 Å². The lowest BCUT2D eigenvalue weighted by Crippen LogP contribution is -2.67. The number of nitrogens with zero attached hydrogens (tertiary/aromatic N) is 3. The predicted octanol–water partition coefficient (Wildman–Crippen LogP) is 2.33. The monoisotopic (exact) mass is 440 g/mol. The molecule has 3 fully saturated rings. The average molecular weight is 441 g/mol. The van der Waals surface area contributed by atoms with Gasteiger partial charge in [0.25, 0.3) is 0 Å². The van der Waals surface area contributed by atoms with Gasteiger partial charge in [0.05, 0.1) is 13.2 Å². The Morgan fingerprint density at radius 2 is 1.84 bits per heavy atom. The van der Waals surface area contributed by atoms with Gasteiger partial charge in [-0.05, 0) is 62.3 Å². The molecule has 172 valence electrons.